The number of benzene rings is 1. The molecule has 0 aliphatic rings. The molecule has 4 nitrogen and oxygen atoms in total. The fourth-order valence-corrected chi connectivity index (χ4v) is 1.34. The first kappa shape index (κ1) is 14.4. The van der Waals surface area contributed by atoms with Crippen LogP contribution in [0.5, 0.6) is 5.75 Å². The van der Waals surface area contributed by atoms with Gasteiger partial charge in [-0.05, 0) is 31.4 Å². The first-order chi connectivity index (χ1) is 8.50. The number of hydrogen-bond acceptors (Lipinski definition) is 4. The highest BCUT2D eigenvalue weighted by molar-refractivity contribution is 5.75. The molecule has 0 bridgehead atoms. The van der Waals surface area contributed by atoms with Crippen LogP contribution in [-0.2, 0) is 9.53 Å². The first-order valence-electron chi connectivity index (χ1n) is 6.18. The van der Waals surface area contributed by atoms with Gasteiger partial charge in [0.05, 0.1) is 12.3 Å². The van der Waals surface area contributed by atoms with Crippen molar-refractivity contribution in [3.8, 4) is 5.75 Å². The Morgan fingerprint density at radius 3 is 2.56 bits per heavy atom. The lowest BCUT2D eigenvalue weighted by molar-refractivity contribution is -0.151. The van der Waals surface area contributed by atoms with Crippen LogP contribution in [0.2, 0.25) is 0 Å². The predicted molar refractivity (Wildman–Crippen MR) is 71.4 cm³/mol. The van der Waals surface area contributed by atoms with E-state index in [0.717, 1.165) is 6.42 Å². The molecule has 4 heteroatoms. The van der Waals surface area contributed by atoms with Crippen molar-refractivity contribution < 1.29 is 14.3 Å². The molecule has 100 valence electrons. The Morgan fingerprint density at radius 2 is 1.94 bits per heavy atom. The topological polar surface area (TPSA) is 61.5 Å². The number of nitrogen functional groups attached to an aromatic ring is 1. The summed E-state index contributed by atoms with van der Waals surface area (Å²) < 4.78 is 10.6. The number of anilines is 1. The average molecular weight is 251 g/mol. The summed E-state index contributed by atoms with van der Waals surface area (Å²) in [4.78, 5) is 11.7. The number of hydrogen-bond donors (Lipinski definition) is 1. The quantitative estimate of drug-likeness (QED) is 0.623. The standard InChI is InChI=1S/C14H21NO3/c1-10(2)8-9-17-14(16)11(3)18-13-7-5-4-6-12(13)15/h4-7,10-11H,8-9,15H2,1-3H3. The van der Waals surface area contributed by atoms with E-state index in [1.807, 2.05) is 12.1 Å². The second-order valence-electron chi connectivity index (χ2n) is 4.65. The molecule has 18 heavy (non-hydrogen) atoms. The molecule has 0 aromatic heterocycles. The Kier molecular flexibility index (Phi) is 5.49. The maximum Gasteiger partial charge on any atom is 0.347 e. The Morgan fingerprint density at radius 1 is 1.28 bits per heavy atom. The molecule has 0 heterocycles. The summed E-state index contributed by atoms with van der Waals surface area (Å²) in [6.45, 7) is 6.25. The first-order valence-corrected chi connectivity index (χ1v) is 6.18. The highest BCUT2D eigenvalue weighted by atomic mass is 16.6. The van der Waals surface area contributed by atoms with Gasteiger partial charge in [0.1, 0.15) is 5.75 Å². The zero-order valence-corrected chi connectivity index (χ0v) is 11.2. The molecule has 1 aromatic rings. The van der Waals surface area contributed by atoms with Gasteiger partial charge in [-0.25, -0.2) is 4.79 Å². The van der Waals surface area contributed by atoms with E-state index in [1.165, 1.54) is 0 Å². The second-order valence-corrected chi connectivity index (χ2v) is 4.65. The van der Waals surface area contributed by atoms with Gasteiger partial charge in [0, 0.05) is 0 Å². The fourth-order valence-electron chi connectivity index (χ4n) is 1.34. The zero-order chi connectivity index (χ0) is 13.5. The van der Waals surface area contributed by atoms with Crippen LogP contribution >= 0.6 is 0 Å². The third kappa shape index (κ3) is 4.65. The van der Waals surface area contributed by atoms with E-state index in [4.69, 9.17) is 15.2 Å². The molecule has 0 radical (unpaired) electrons. The van der Waals surface area contributed by atoms with Gasteiger partial charge >= 0.3 is 5.97 Å². The van der Waals surface area contributed by atoms with Crippen LogP contribution in [-0.4, -0.2) is 18.7 Å². The summed E-state index contributed by atoms with van der Waals surface area (Å²) >= 11 is 0. The lowest BCUT2D eigenvalue weighted by Crippen LogP contribution is -2.27. The molecule has 2 N–H and O–H groups in total. The van der Waals surface area contributed by atoms with E-state index < -0.39 is 6.10 Å². The summed E-state index contributed by atoms with van der Waals surface area (Å²) in [5, 5.41) is 0. The number of rotatable bonds is 6. The van der Waals surface area contributed by atoms with Crippen molar-refractivity contribution in [2.75, 3.05) is 12.3 Å². The fraction of sp³-hybridized carbons (Fsp3) is 0.500. The van der Waals surface area contributed by atoms with E-state index in [0.29, 0.717) is 24.0 Å². The molecule has 0 amide bonds. The van der Waals surface area contributed by atoms with Crippen molar-refractivity contribution in [3.63, 3.8) is 0 Å². The molecule has 0 saturated carbocycles. The van der Waals surface area contributed by atoms with E-state index in [1.54, 1.807) is 19.1 Å². The van der Waals surface area contributed by atoms with Crippen molar-refractivity contribution in [1.82, 2.24) is 0 Å². The Balaban J connectivity index is 2.43. The van der Waals surface area contributed by atoms with Crippen molar-refractivity contribution in [3.05, 3.63) is 24.3 Å². The number of nitrogens with two attached hydrogens (primary N) is 1. The molecule has 0 fully saturated rings. The molecule has 1 atom stereocenters. The monoisotopic (exact) mass is 251 g/mol. The predicted octanol–water partition coefficient (Wildman–Crippen LogP) is 2.63. The Labute approximate surface area is 108 Å². The summed E-state index contributed by atoms with van der Waals surface area (Å²) in [5.74, 6) is 0.656. The van der Waals surface area contributed by atoms with Crippen LogP contribution in [0.25, 0.3) is 0 Å². The summed E-state index contributed by atoms with van der Waals surface area (Å²) in [7, 11) is 0. The third-order valence-corrected chi connectivity index (χ3v) is 2.49. The van der Waals surface area contributed by atoms with Crippen molar-refractivity contribution in [2.45, 2.75) is 33.3 Å². The largest absolute Gasteiger partial charge is 0.477 e. The Hall–Kier alpha value is -1.71. The molecule has 0 saturated heterocycles. The zero-order valence-electron chi connectivity index (χ0n) is 11.2. The smallest absolute Gasteiger partial charge is 0.347 e. The van der Waals surface area contributed by atoms with Crippen molar-refractivity contribution >= 4 is 11.7 Å². The minimum absolute atomic E-state index is 0.362. The average Bonchev–Trinajstić information content (AvgIpc) is 2.31. The molecule has 0 spiro atoms. The number of ether oxygens (including phenoxy) is 2. The van der Waals surface area contributed by atoms with Gasteiger partial charge in [0.15, 0.2) is 6.10 Å². The van der Waals surface area contributed by atoms with E-state index in [9.17, 15) is 4.79 Å². The second kappa shape index (κ2) is 6.89. The highest BCUT2D eigenvalue weighted by Gasteiger charge is 2.17. The molecule has 1 aromatic carbocycles. The number of carbonyl (C=O) groups excluding carboxylic acids is 1. The number of carbonyl (C=O) groups is 1. The minimum atomic E-state index is -0.651. The van der Waals surface area contributed by atoms with E-state index in [2.05, 4.69) is 13.8 Å². The van der Waals surface area contributed by atoms with Crippen LogP contribution in [0.3, 0.4) is 0 Å². The van der Waals surface area contributed by atoms with Crippen LogP contribution < -0.4 is 10.5 Å². The SMILES string of the molecule is CC(C)CCOC(=O)C(C)Oc1ccccc1N. The highest BCUT2D eigenvalue weighted by Crippen LogP contribution is 2.21. The summed E-state index contributed by atoms with van der Waals surface area (Å²) in [6.07, 6.45) is 0.202. The molecule has 1 unspecified atom stereocenters. The van der Waals surface area contributed by atoms with Crippen LogP contribution in [0, 0.1) is 5.92 Å². The van der Waals surface area contributed by atoms with Crippen LogP contribution in [0.1, 0.15) is 27.2 Å². The molecular formula is C14H21NO3. The van der Waals surface area contributed by atoms with Gasteiger partial charge in [-0.1, -0.05) is 26.0 Å². The van der Waals surface area contributed by atoms with Gasteiger partial charge in [-0.15, -0.1) is 0 Å². The van der Waals surface area contributed by atoms with E-state index >= 15 is 0 Å². The number of esters is 1. The molecular weight excluding hydrogens is 230 g/mol. The lowest BCUT2D eigenvalue weighted by Gasteiger charge is -2.15. The van der Waals surface area contributed by atoms with Gasteiger partial charge < -0.3 is 15.2 Å². The van der Waals surface area contributed by atoms with E-state index in [-0.39, 0.29) is 5.97 Å². The summed E-state index contributed by atoms with van der Waals surface area (Å²) in [6, 6.07) is 7.08. The molecule has 1 rings (SSSR count). The third-order valence-electron chi connectivity index (χ3n) is 2.49. The van der Waals surface area contributed by atoms with Crippen LogP contribution in [0.4, 0.5) is 5.69 Å². The maximum atomic E-state index is 11.7. The number of para-hydroxylation sites is 2. The maximum absolute atomic E-state index is 11.7. The van der Waals surface area contributed by atoms with Gasteiger partial charge in [-0.3, -0.25) is 0 Å². The van der Waals surface area contributed by atoms with Crippen molar-refractivity contribution in [1.29, 1.82) is 0 Å². The van der Waals surface area contributed by atoms with Gasteiger partial charge in [0.2, 0.25) is 0 Å². The van der Waals surface area contributed by atoms with Gasteiger partial charge in [0.25, 0.3) is 0 Å². The lowest BCUT2D eigenvalue weighted by atomic mass is 10.1. The Bertz CT molecular complexity index is 390. The van der Waals surface area contributed by atoms with Crippen molar-refractivity contribution in [2.24, 2.45) is 5.92 Å². The normalized spacial score (nSPS) is 12.2. The minimum Gasteiger partial charge on any atom is -0.477 e. The summed E-state index contributed by atoms with van der Waals surface area (Å²) in [5.41, 5.74) is 6.25. The molecule has 0 aliphatic carbocycles. The van der Waals surface area contributed by atoms with Crippen LogP contribution in [0.15, 0.2) is 24.3 Å². The molecule has 0 aliphatic heterocycles. The van der Waals surface area contributed by atoms with Gasteiger partial charge in [-0.2, -0.15) is 0 Å².